The molecule has 1 aliphatic carbocycles. The first-order chi connectivity index (χ1) is 5.77. The lowest BCUT2D eigenvalue weighted by Gasteiger charge is -2.25. The molecule has 0 saturated heterocycles. The highest BCUT2D eigenvalue weighted by Gasteiger charge is 2.25. The molecule has 0 heterocycles. The van der Waals surface area contributed by atoms with Crippen LogP contribution in [0.1, 0.15) is 38.5 Å². The van der Waals surface area contributed by atoms with Crippen molar-refractivity contribution in [3.05, 3.63) is 12.2 Å². The van der Waals surface area contributed by atoms with Gasteiger partial charge in [-0.1, -0.05) is 12.2 Å². The standard InChI is InChI=1S/C10H15NO/c11-9-8-10(12)6-4-2-1-3-5-7-10/h1-2,12H,3-8H2/b2-1+/t10-/m1/s1. The number of hydrogen-bond donors (Lipinski definition) is 1. The van der Waals surface area contributed by atoms with Gasteiger partial charge >= 0.3 is 0 Å². The third kappa shape index (κ3) is 2.67. The number of rotatable bonds is 1. The summed E-state index contributed by atoms with van der Waals surface area (Å²) in [6, 6.07) is 2.05. The van der Waals surface area contributed by atoms with Gasteiger partial charge in [0.15, 0.2) is 0 Å². The first-order valence-corrected chi connectivity index (χ1v) is 4.51. The fourth-order valence-corrected chi connectivity index (χ4v) is 1.59. The maximum absolute atomic E-state index is 9.92. The number of nitriles is 1. The summed E-state index contributed by atoms with van der Waals surface area (Å²) < 4.78 is 0. The van der Waals surface area contributed by atoms with Crippen molar-refractivity contribution in [2.75, 3.05) is 0 Å². The first kappa shape index (κ1) is 9.28. The molecule has 0 spiro atoms. The van der Waals surface area contributed by atoms with Crippen LogP contribution in [0.3, 0.4) is 0 Å². The number of nitrogens with zero attached hydrogens (tertiary/aromatic N) is 1. The second-order valence-corrected chi connectivity index (χ2v) is 3.46. The van der Waals surface area contributed by atoms with Crippen molar-refractivity contribution in [3.63, 3.8) is 0 Å². The quantitative estimate of drug-likeness (QED) is 0.605. The molecule has 0 saturated carbocycles. The molecule has 12 heavy (non-hydrogen) atoms. The molecule has 0 aromatic heterocycles. The van der Waals surface area contributed by atoms with Crippen molar-refractivity contribution >= 4 is 0 Å². The topological polar surface area (TPSA) is 44.0 Å². The van der Waals surface area contributed by atoms with Crippen LogP contribution in [0.5, 0.6) is 0 Å². The smallest absolute Gasteiger partial charge is 0.0780 e. The second-order valence-electron chi connectivity index (χ2n) is 3.46. The summed E-state index contributed by atoms with van der Waals surface area (Å²) in [5.41, 5.74) is -0.709. The Hall–Kier alpha value is -0.810. The predicted octanol–water partition coefficient (Wildman–Crippen LogP) is 2.15. The van der Waals surface area contributed by atoms with E-state index in [2.05, 4.69) is 18.2 Å². The van der Waals surface area contributed by atoms with E-state index >= 15 is 0 Å². The van der Waals surface area contributed by atoms with Crippen LogP contribution in [0.4, 0.5) is 0 Å². The minimum atomic E-state index is -0.709. The summed E-state index contributed by atoms with van der Waals surface area (Å²) >= 11 is 0. The minimum Gasteiger partial charge on any atom is -0.389 e. The average molecular weight is 165 g/mol. The van der Waals surface area contributed by atoms with E-state index in [1.165, 1.54) is 0 Å². The number of allylic oxidation sites excluding steroid dienone is 2. The van der Waals surface area contributed by atoms with Crippen LogP contribution in [-0.4, -0.2) is 10.7 Å². The van der Waals surface area contributed by atoms with E-state index in [1.54, 1.807) is 0 Å². The molecule has 1 aliphatic rings. The summed E-state index contributed by atoms with van der Waals surface area (Å²) in [6.07, 6.45) is 8.97. The Labute approximate surface area is 73.5 Å². The molecule has 1 rings (SSSR count). The van der Waals surface area contributed by atoms with Gasteiger partial charge in [0.2, 0.25) is 0 Å². The maximum Gasteiger partial charge on any atom is 0.0780 e. The Morgan fingerprint density at radius 3 is 2.83 bits per heavy atom. The predicted molar refractivity (Wildman–Crippen MR) is 47.4 cm³/mol. The molecule has 0 bridgehead atoms. The van der Waals surface area contributed by atoms with Crippen LogP contribution in [0.2, 0.25) is 0 Å². The Morgan fingerprint density at radius 2 is 2.08 bits per heavy atom. The first-order valence-electron chi connectivity index (χ1n) is 4.51. The molecule has 0 aromatic rings. The summed E-state index contributed by atoms with van der Waals surface area (Å²) in [5.74, 6) is 0. The van der Waals surface area contributed by atoms with Crippen LogP contribution >= 0.6 is 0 Å². The van der Waals surface area contributed by atoms with Crippen LogP contribution in [0.25, 0.3) is 0 Å². The number of hydrogen-bond acceptors (Lipinski definition) is 2. The molecule has 1 N–H and O–H groups in total. The molecule has 0 aliphatic heterocycles. The van der Waals surface area contributed by atoms with Crippen molar-refractivity contribution in [3.8, 4) is 6.07 Å². The molecular formula is C10H15NO. The van der Waals surface area contributed by atoms with Gasteiger partial charge in [0.1, 0.15) is 0 Å². The fourth-order valence-electron chi connectivity index (χ4n) is 1.59. The van der Waals surface area contributed by atoms with Gasteiger partial charge in [0, 0.05) is 0 Å². The molecule has 0 amide bonds. The van der Waals surface area contributed by atoms with E-state index < -0.39 is 5.60 Å². The van der Waals surface area contributed by atoms with E-state index in [-0.39, 0.29) is 6.42 Å². The van der Waals surface area contributed by atoms with Crippen LogP contribution in [-0.2, 0) is 0 Å². The fraction of sp³-hybridized carbons (Fsp3) is 0.700. The van der Waals surface area contributed by atoms with Crippen molar-refractivity contribution < 1.29 is 5.11 Å². The minimum absolute atomic E-state index is 0.279. The van der Waals surface area contributed by atoms with Crippen molar-refractivity contribution in [1.82, 2.24) is 0 Å². The van der Waals surface area contributed by atoms with E-state index in [0.717, 1.165) is 32.1 Å². The summed E-state index contributed by atoms with van der Waals surface area (Å²) in [6.45, 7) is 0. The van der Waals surface area contributed by atoms with Gasteiger partial charge in [0.05, 0.1) is 18.1 Å². The summed E-state index contributed by atoms with van der Waals surface area (Å²) in [4.78, 5) is 0. The molecule has 1 atom stereocenters. The van der Waals surface area contributed by atoms with Crippen molar-refractivity contribution in [2.45, 2.75) is 44.1 Å². The molecular weight excluding hydrogens is 150 g/mol. The van der Waals surface area contributed by atoms with E-state index in [4.69, 9.17) is 5.26 Å². The van der Waals surface area contributed by atoms with Crippen molar-refractivity contribution in [2.24, 2.45) is 0 Å². The monoisotopic (exact) mass is 165 g/mol. The largest absolute Gasteiger partial charge is 0.389 e. The van der Waals surface area contributed by atoms with Crippen LogP contribution in [0.15, 0.2) is 12.2 Å². The normalized spacial score (nSPS) is 33.0. The Kier molecular flexibility index (Phi) is 3.31. The lowest BCUT2D eigenvalue weighted by atomic mass is 9.87. The molecule has 2 heteroatoms. The van der Waals surface area contributed by atoms with Gasteiger partial charge in [-0.15, -0.1) is 0 Å². The third-order valence-electron chi connectivity index (χ3n) is 2.36. The lowest BCUT2D eigenvalue weighted by Crippen LogP contribution is -2.28. The van der Waals surface area contributed by atoms with E-state index in [0.29, 0.717) is 0 Å². The molecule has 0 aromatic carbocycles. The summed E-state index contributed by atoms with van der Waals surface area (Å²) in [5, 5.41) is 18.4. The Morgan fingerprint density at radius 1 is 1.33 bits per heavy atom. The molecule has 0 radical (unpaired) electrons. The Bertz CT molecular complexity index is 204. The molecule has 0 unspecified atom stereocenters. The highest BCUT2D eigenvalue weighted by Crippen LogP contribution is 2.26. The van der Waals surface area contributed by atoms with Gasteiger partial charge in [-0.3, -0.25) is 0 Å². The van der Waals surface area contributed by atoms with Gasteiger partial charge in [0.25, 0.3) is 0 Å². The van der Waals surface area contributed by atoms with Crippen LogP contribution < -0.4 is 0 Å². The average Bonchev–Trinajstić information content (AvgIpc) is 1.99. The zero-order chi connectivity index (χ0) is 8.86. The highest BCUT2D eigenvalue weighted by atomic mass is 16.3. The van der Waals surface area contributed by atoms with Gasteiger partial charge in [-0.2, -0.15) is 5.26 Å². The Balaban J connectivity index is 2.52. The van der Waals surface area contributed by atoms with Gasteiger partial charge in [-0.25, -0.2) is 0 Å². The zero-order valence-corrected chi connectivity index (χ0v) is 7.29. The number of aliphatic hydroxyl groups is 1. The summed E-state index contributed by atoms with van der Waals surface area (Å²) in [7, 11) is 0. The highest BCUT2D eigenvalue weighted by molar-refractivity contribution is 4.94. The maximum atomic E-state index is 9.92. The van der Waals surface area contributed by atoms with E-state index in [9.17, 15) is 5.11 Å². The zero-order valence-electron chi connectivity index (χ0n) is 7.29. The lowest BCUT2D eigenvalue weighted by molar-refractivity contribution is 0.0256. The second kappa shape index (κ2) is 4.27. The van der Waals surface area contributed by atoms with E-state index in [1.807, 2.05) is 0 Å². The SMILES string of the molecule is N#CC[C@@]1(O)CC/C=C/CCC1. The van der Waals surface area contributed by atoms with Crippen LogP contribution in [0, 0.1) is 11.3 Å². The van der Waals surface area contributed by atoms with Gasteiger partial charge < -0.3 is 5.11 Å². The third-order valence-corrected chi connectivity index (χ3v) is 2.36. The molecule has 0 fully saturated rings. The molecule has 66 valence electrons. The molecule has 2 nitrogen and oxygen atoms in total. The van der Waals surface area contributed by atoms with Crippen molar-refractivity contribution in [1.29, 1.82) is 5.26 Å². The van der Waals surface area contributed by atoms with Gasteiger partial charge in [-0.05, 0) is 32.1 Å².